The van der Waals surface area contributed by atoms with Gasteiger partial charge in [-0.1, -0.05) is 6.07 Å². The second kappa shape index (κ2) is 8.44. The molecule has 0 saturated carbocycles. The summed E-state index contributed by atoms with van der Waals surface area (Å²) in [7, 11) is 0. The van der Waals surface area contributed by atoms with Crippen LogP contribution in [0.1, 0.15) is 47.6 Å². The lowest BCUT2D eigenvalue weighted by Crippen LogP contribution is -2.34. The van der Waals surface area contributed by atoms with Crippen LogP contribution >= 0.6 is 0 Å². The lowest BCUT2D eigenvalue weighted by atomic mass is 10.0. The molecule has 6 nitrogen and oxygen atoms in total. The molecule has 4 rings (SSSR count). The van der Waals surface area contributed by atoms with E-state index in [-0.39, 0.29) is 11.4 Å². The van der Waals surface area contributed by atoms with E-state index in [0.717, 1.165) is 54.9 Å². The van der Waals surface area contributed by atoms with Crippen molar-refractivity contribution < 1.29 is 19.0 Å². The number of aryl methyl sites for hydroxylation is 1. The van der Waals surface area contributed by atoms with Crippen LogP contribution in [0, 0.1) is 12.7 Å². The maximum atomic E-state index is 13.8. The topological polar surface area (TPSA) is 67.6 Å². The summed E-state index contributed by atoms with van der Waals surface area (Å²) in [5, 5.41) is 9.21. The molecule has 0 aliphatic carbocycles. The minimum absolute atomic E-state index is 0.257. The van der Waals surface area contributed by atoms with Gasteiger partial charge in [0.15, 0.2) is 11.6 Å². The number of imidazole rings is 1. The van der Waals surface area contributed by atoms with Crippen molar-refractivity contribution in [3.8, 4) is 5.75 Å². The van der Waals surface area contributed by atoms with Gasteiger partial charge in [-0.3, -0.25) is 4.90 Å². The number of piperidine rings is 1. The summed E-state index contributed by atoms with van der Waals surface area (Å²) in [4.78, 5) is 18.2. The molecule has 0 atom stereocenters. The molecule has 1 aliphatic rings. The smallest absolute Gasteiger partial charge is 0.335 e. The Bertz CT molecular complexity index is 1070. The van der Waals surface area contributed by atoms with E-state index in [9.17, 15) is 14.3 Å². The zero-order valence-corrected chi connectivity index (χ0v) is 17.3. The van der Waals surface area contributed by atoms with E-state index in [1.165, 1.54) is 6.07 Å². The van der Waals surface area contributed by atoms with Crippen LogP contribution in [0.3, 0.4) is 0 Å². The first-order chi connectivity index (χ1) is 14.5. The van der Waals surface area contributed by atoms with Gasteiger partial charge in [0.05, 0.1) is 23.2 Å². The number of fused-ring (bicyclic) bond motifs is 1. The van der Waals surface area contributed by atoms with Gasteiger partial charge in [-0.05, 0) is 62.6 Å². The summed E-state index contributed by atoms with van der Waals surface area (Å²) in [6.45, 7) is 6.88. The van der Waals surface area contributed by atoms with Crippen molar-refractivity contribution in [2.45, 2.75) is 39.3 Å². The average Bonchev–Trinajstić information content (AvgIpc) is 3.06. The molecule has 0 spiro atoms. The fraction of sp³-hybridized carbons (Fsp3) is 0.391. The molecule has 7 heteroatoms. The van der Waals surface area contributed by atoms with Crippen LogP contribution in [0.2, 0.25) is 0 Å². The number of ether oxygens (including phenoxy) is 1. The Labute approximate surface area is 174 Å². The van der Waals surface area contributed by atoms with Gasteiger partial charge in [0.25, 0.3) is 0 Å². The second-order valence-corrected chi connectivity index (χ2v) is 7.74. The zero-order valence-electron chi connectivity index (χ0n) is 17.3. The first kappa shape index (κ1) is 20.3. The van der Waals surface area contributed by atoms with Crippen molar-refractivity contribution in [2.24, 2.45) is 0 Å². The maximum Gasteiger partial charge on any atom is 0.335 e. The highest BCUT2D eigenvalue weighted by Crippen LogP contribution is 2.30. The molecule has 0 radical (unpaired) electrons. The lowest BCUT2D eigenvalue weighted by Gasteiger charge is -2.33. The summed E-state index contributed by atoms with van der Waals surface area (Å²) < 4.78 is 21.4. The molecule has 1 fully saturated rings. The maximum absolute atomic E-state index is 13.8. The number of likely N-dealkylation sites (tertiary alicyclic amines) is 1. The normalized spacial score (nSPS) is 15.6. The van der Waals surface area contributed by atoms with E-state index >= 15 is 0 Å². The highest BCUT2D eigenvalue weighted by molar-refractivity contribution is 5.92. The lowest BCUT2D eigenvalue weighted by molar-refractivity contribution is 0.0697. The minimum Gasteiger partial charge on any atom is -0.491 e. The van der Waals surface area contributed by atoms with Gasteiger partial charge in [-0.15, -0.1) is 0 Å². The molecule has 2 heterocycles. The van der Waals surface area contributed by atoms with Crippen molar-refractivity contribution in [3.63, 3.8) is 0 Å². The minimum atomic E-state index is -0.939. The van der Waals surface area contributed by atoms with Crippen molar-refractivity contribution >= 4 is 17.0 Å². The molecular formula is C23H26FN3O3. The SMILES string of the molecule is CCOc1cc(CN2CCC(n3c(C)nc4cc(C(=O)O)ccc43)CC2)ccc1F. The highest BCUT2D eigenvalue weighted by Gasteiger charge is 2.24. The predicted octanol–water partition coefficient (Wildman–Crippen LogP) is 4.42. The Hall–Kier alpha value is -2.93. The summed E-state index contributed by atoms with van der Waals surface area (Å²) >= 11 is 0. The van der Waals surface area contributed by atoms with E-state index in [0.29, 0.717) is 18.4 Å². The molecular weight excluding hydrogens is 385 g/mol. The molecule has 1 aliphatic heterocycles. The van der Waals surface area contributed by atoms with Gasteiger partial charge in [0.1, 0.15) is 5.82 Å². The van der Waals surface area contributed by atoms with E-state index in [2.05, 4.69) is 14.5 Å². The molecule has 1 saturated heterocycles. The van der Waals surface area contributed by atoms with Gasteiger partial charge < -0.3 is 14.4 Å². The number of carbonyl (C=O) groups is 1. The summed E-state index contributed by atoms with van der Waals surface area (Å²) in [6, 6.07) is 10.5. The highest BCUT2D eigenvalue weighted by atomic mass is 19.1. The molecule has 30 heavy (non-hydrogen) atoms. The Morgan fingerprint density at radius 1 is 1.23 bits per heavy atom. The number of aromatic nitrogens is 2. The third-order valence-corrected chi connectivity index (χ3v) is 5.74. The van der Waals surface area contributed by atoms with Crippen LogP contribution in [0.25, 0.3) is 11.0 Å². The summed E-state index contributed by atoms with van der Waals surface area (Å²) in [5.41, 5.74) is 3.01. The molecule has 1 aromatic heterocycles. The van der Waals surface area contributed by atoms with Gasteiger partial charge in [0.2, 0.25) is 0 Å². The Balaban J connectivity index is 1.45. The molecule has 0 unspecified atom stereocenters. The third kappa shape index (κ3) is 4.03. The summed E-state index contributed by atoms with van der Waals surface area (Å²) in [6.07, 6.45) is 1.96. The molecule has 1 N–H and O–H groups in total. The number of hydrogen-bond acceptors (Lipinski definition) is 4. The quantitative estimate of drug-likeness (QED) is 0.650. The Morgan fingerprint density at radius 2 is 2.00 bits per heavy atom. The standard InChI is InChI=1S/C23H26FN3O3/c1-3-30-22-12-16(4-6-19(22)24)14-26-10-8-18(9-11-26)27-15(2)25-20-13-17(23(28)29)5-7-21(20)27/h4-7,12-13,18H,3,8-11,14H2,1-2H3,(H,28,29). The van der Waals surface area contributed by atoms with Crippen LogP contribution < -0.4 is 4.74 Å². The number of rotatable bonds is 6. The number of hydrogen-bond donors (Lipinski definition) is 1. The first-order valence-corrected chi connectivity index (χ1v) is 10.3. The number of halogens is 1. The van der Waals surface area contributed by atoms with Crippen molar-refractivity contribution in [1.82, 2.24) is 14.5 Å². The fourth-order valence-electron chi connectivity index (χ4n) is 4.32. The molecule has 3 aromatic rings. The number of nitrogens with zero attached hydrogens (tertiary/aromatic N) is 3. The average molecular weight is 411 g/mol. The van der Waals surface area contributed by atoms with Gasteiger partial charge in [-0.25, -0.2) is 14.2 Å². The molecule has 2 aromatic carbocycles. The molecule has 158 valence electrons. The van der Waals surface area contributed by atoms with Crippen LogP contribution in [-0.2, 0) is 6.54 Å². The number of benzene rings is 2. The van der Waals surface area contributed by atoms with Crippen LogP contribution in [0.15, 0.2) is 36.4 Å². The van der Waals surface area contributed by atoms with E-state index in [1.807, 2.05) is 26.0 Å². The van der Waals surface area contributed by atoms with Crippen LogP contribution in [-0.4, -0.2) is 45.2 Å². The number of aromatic carboxylic acids is 1. The van der Waals surface area contributed by atoms with Gasteiger partial charge >= 0.3 is 5.97 Å². The van der Waals surface area contributed by atoms with Crippen LogP contribution in [0.5, 0.6) is 5.75 Å². The van der Waals surface area contributed by atoms with E-state index in [1.54, 1.807) is 18.2 Å². The van der Waals surface area contributed by atoms with E-state index < -0.39 is 5.97 Å². The van der Waals surface area contributed by atoms with Crippen LogP contribution in [0.4, 0.5) is 4.39 Å². The second-order valence-electron chi connectivity index (χ2n) is 7.74. The molecule has 0 bridgehead atoms. The monoisotopic (exact) mass is 411 g/mol. The number of carboxylic acids is 1. The molecule has 0 amide bonds. The van der Waals surface area contributed by atoms with Crippen molar-refractivity contribution in [2.75, 3.05) is 19.7 Å². The predicted molar refractivity (Wildman–Crippen MR) is 113 cm³/mol. The number of carboxylic acid groups (broad SMARTS) is 1. The zero-order chi connectivity index (χ0) is 21.3. The summed E-state index contributed by atoms with van der Waals surface area (Å²) in [5.74, 6) is -0.0458. The van der Waals surface area contributed by atoms with Crippen molar-refractivity contribution in [3.05, 3.63) is 59.2 Å². The largest absolute Gasteiger partial charge is 0.491 e. The Kier molecular flexibility index (Phi) is 5.72. The Morgan fingerprint density at radius 3 is 2.70 bits per heavy atom. The van der Waals surface area contributed by atoms with Gasteiger partial charge in [-0.2, -0.15) is 0 Å². The fourth-order valence-corrected chi connectivity index (χ4v) is 4.32. The first-order valence-electron chi connectivity index (χ1n) is 10.3. The van der Waals surface area contributed by atoms with E-state index in [4.69, 9.17) is 4.74 Å². The van der Waals surface area contributed by atoms with Gasteiger partial charge in [0, 0.05) is 25.7 Å². The van der Waals surface area contributed by atoms with Crippen molar-refractivity contribution in [1.29, 1.82) is 0 Å². The third-order valence-electron chi connectivity index (χ3n) is 5.74.